The Hall–Kier alpha value is -5.05. The summed E-state index contributed by atoms with van der Waals surface area (Å²) in [7, 11) is 0. The Balaban J connectivity index is 1.43. The van der Waals surface area contributed by atoms with Gasteiger partial charge in [0.25, 0.3) is 0 Å². The van der Waals surface area contributed by atoms with Gasteiger partial charge in [-0.15, -0.1) is 0 Å². The quantitative estimate of drug-likeness (QED) is 0.188. The fourth-order valence-electron chi connectivity index (χ4n) is 8.15. The van der Waals surface area contributed by atoms with Gasteiger partial charge in [-0.05, 0) is 81.4 Å². The minimum absolute atomic E-state index is 0.387. The van der Waals surface area contributed by atoms with Crippen molar-refractivity contribution in [3.05, 3.63) is 173 Å². The Morgan fingerprint density at radius 1 is 0.500 bits per heavy atom. The summed E-state index contributed by atoms with van der Waals surface area (Å²) in [6, 6.07) is 54.5. The van der Waals surface area contributed by atoms with Gasteiger partial charge in [-0.1, -0.05) is 133 Å². The normalized spacial score (nSPS) is 14.1. The molecule has 2 heteroatoms. The van der Waals surface area contributed by atoms with Crippen LogP contribution in [0, 0.1) is 6.92 Å². The lowest BCUT2D eigenvalue weighted by Gasteiger charge is -2.40. The maximum absolute atomic E-state index is 2.47. The SMILES string of the molecule is Cc1ccc(-n2c3ccc4c(c3c3c5ccccc5ccc32)Sc2ccccc2C42c3ccccc3-c3ccccc32)cc1. The number of aryl methyl sites for hydroxylation is 1. The first-order valence-corrected chi connectivity index (χ1v) is 16.1. The minimum atomic E-state index is -0.387. The van der Waals surface area contributed by atoms with Gasteiger partial charge < -0.3 is 4.57 Å². The summed E-state index contributed by atoms with van der Waals surface area (Å²) in [5.41, 5.74) is 12.8. The van der Waals surface area contributed by atoms with Crippen LogP contribution in [0.25, 0.3) is 49.4 Å². The Morgan fingerprint density at radius 2 is 1.11 bits per heavy atom. The van der Waals surface area contributed by atoms with E-state index in [0.717, 1.165) is 0 Å². The Bertz CT molecular complexity index is 2430. The molecule has 1 spiro atoms. The molecular weight excluding hydrogens is 551 g/mol. The van der Waals surface area contributed by atoms with Crippen molar-refractivity contribution in [1.82, 2.24) is 4.57 Å². The molecular formula is C42H27NS. The fraction of sp³-hybridized carbons (Fsp3) is 0.0476. The van der Waals surface area contributed by atoms with E-state index in [0.29, 0.717) is 0 Å². The summed E-state index contributed by atoms with van der Waals surface area (Å²) < 4.78 is 2.47. The van der Waals surface area contributed by atoms with Crippen molar-refractivity contribution in [1.29, 1.82) is 0 Å². The third-order valence-electron chi connectivity index (χ3n) is 9.93. The summed E-state index contributed by atoms with van der Waals surface area (Å²) in [6.07, 6.45) is 0. The molecule has 8 aromatic rings. The third kappa shape index (κ3) is 2.96. The van der Waals surface area contributed by atoms with E-state index in [9.17, 15) is 0 Å². The number of hydrogen-bond acceptors (Lipinski definition) is 1. The van der Waals surface area contributed by atoms with Crippen LogP contribution in [0.15, 0.2) is 155 Å². The van der Waals surface area contributed by atoms with Gasteiger partial charge in [0.15, 0.2) is 0 Å². The van der Waals surface area contributed by atoms with Crippen LogP contribution in [0.3, 0.4) is 0 Å². The Morgan fingerprint density at radius 3 is 1.89 bits per heavy atom. The van der Waals surface area contributed by atoms with Gasteiger partial charge >= 0.3 is 0 Å². The summed E-state index contributed by atoms with van der Waals surface area (Å²) in [5.74, 6) is 0. The smallest absolute Gasteiger partial charge is 0.0735 e. The zero-order chi connectivity index (χ0) is 29.0. The van der Waals surface area contributed by atoms with E-state index in [1.165, 1.54) is 87.0 Å². The van der Waals surface area contributed by atoms with E-state index in [-0.39, 0.29) is 5.41 Å². The maximum Gasteiger partial charge on any atom is 0.0735 e. The van der Waals surface area contributed by atoms with Crippen LogP contribution < -0.4 is 0 Å². The predicted molar refractivity (Wildman–Crippen MR) is 184 cm³/mol. The van der Waals surface area contributed by atoms with Gasteiger partial charge in [0.05, 0.1) is 16.4 Å². The van der Waals surface area contributed by atoms with Gasteiger partial charge in [-0.25, -0.2) is 0 Å². The minimum Gasteiger partial charge on any atom is -0.309 e. The maximum atomic E-state index is 2.47. The molecule has 2 aliphatic rings. The first-order chi connectivity index (χ1) is 21.7. The first kappa shape index (κ1) is 24.4. The predicted octanol–water partition coefficient (Wildman–Crippen LogP) is 11.1. The number of hydrogen-bond donors (Lipinski definition) is 0. The standard InChI is InChI=1S/C42H27NS/c1-26-18-21-28(22-19-26)43-36-24-20-27-10-2-3-11-29(27)39(36)40-37(43)25-23-35-41(40)44-38-17-9-8-16-34(38)42(35)32-14-6-4-12-30(32)31-13-5-7-15-33(31)42/h2-25H,1H3. The van der Waals surface area contributed by atoms with Gasteiger partial charge in [0.2, 0.25) is 0 Å². The zero-order valence-corrected chi connectivity index (χ0v) is 25.0. The van der Waals surface area contributed by atoms with Crippen molar-refractivity contribution in [2.45, 2.75) is 22.1 Å². The van der Waals surface area contributed by atoms with Gasteiger partial charge in [0, 0.05) is 26.3 Å². The third-order valence-corrected chi connectivity index (χ3v) is 11.1. The number of aromatic nitrogens is 1. The molecule has 44 heavy (non-hydrogen) atoms. The summed E-state index contributed by atoms with van der Waals surface area (Å²) in [6.45, 7) is 2.16. The van der Waals surface area contributed by atoms with E-state index < -0.39 is 0 Å². The molecule has 0 saturated carbocycles. The van der Waals surface area contributed by atoms with E-state index in [1.807, 2.05) is 11.8 Å². The van der Waals surface area contributed by atoms with E-state index in [1.54, 1.807) is 0 Å². The molecule has 0 fully saturated rings. The highest BCUT2D eigenvalue weighted by Crippen LogP contribution is 2.63. The summed E-state index contributed by atoms with van der Waals surface area (Å²) >= 11 is 1.94. The number of fused-ring (bicyclic) bond motifs is 15. The van der Waals surface area contributed by atoms with Crippen molar-refractivity contribution in [3.8, 4) is 16.8 Å². The van der Waals surface area contributed by atoms with Crippen LogP contribution in [-0.2, 0) is 5.41 Å². The number of nitrogens with zero attached hydrogens (tertiary/aromatic N) is 1. The lowest BCUT2D eigenvalue weighted by Crippen LogP contribution is -2.32. The van der Waals surface area contributed by atoms with Crippen molar-refractivity contribution in [3.63, 3.8) is 0 Å². The molecule has 0 radical (unpaired) electrons. The van der Waals surface area contributed by atoms with Crippen LogP contribution in [0.4, 0.5) is 0 Å². The lowest BCUT2D eigenvalue weighted by atomic mass is 9.67. The Kier molecular flexibility index (Phi) is 4.85. The highest BCUT2D eigenvalue weighted by Gasteiger charge is 2.50. The van der Waals surface area contributed by atoms with Gasteiger partial charge in [0.1, 0.15) is 0 Å². The number of benzene rings is 7. The van der Waals surface area contributed by atoms with E-state index in [4.69, 9.17) is 0 Å². The highest BCUT2D eigenvalue weighted by atomic mass is 32.2. The van der Waals surface area contributed by atoms with Crippen molar-refractivity contribution in [2.24, 2.45) is 0 Å². The molecule has 10 rings (SSSR count). The van der Waals surface area contributed by atoms with Crippen LogP contribution in [0.1, 0.15) is 27.8 Å². The fourth-order valence-corrected chi connectivity index (χ4v) is 9.49. The molecule has 1 aliphatic carbocycles. The molecule has 7 aromatic carbocycles. The van der Waals surface area contributed by atoms with Crippen LogP contribution >= 0.6 is 11.8 Å². The summed E-state index contributed by atoms with van der Waals surface area (Å²) in [5, 5.41) is 5.25. The second-order valence-electron chi connectivity index (χ2n) is 12.1. The molecule has 1 aromatic heterocycles. The van der Waals surface area contributed by atoms with Crippen molar-refractivity contribution < 1.29 is 0 Å². The molecule has 0 bridgehead atoms. The molecule has 0 atom stereocenters. The average molecular weight is 578 g/mol. The lowest BCUT2D eigenvalue weighted by molar-refractivity contribution is 0.726. The average Bonchev–Trinajstić information content (AvgIpc) is 3.57. The molecule has 0 N–H and O–H groups in total. The van der Waals surface area contributed by atoms with Gasteiger partial charge in [-0.3, -0.25) is 0 Å². The second-order valence-corrected chi connectivity index (χ2v) is 13.2. The molecule has 1 nitrogen and oxygen atoms in total. The second kappa shape index (κ2) is 8.75. The van der Waals surface area contributed by atoms with Crippen LogP contribution in [0.2, 0.25) is 0 Å². The topological polar surface area (TPSA) is 4.93 Å². The molecule has 206 valence electrons. The Labute approximate surface area is 260 Å². The first-order valence-electron chi connectivity index (χ1n) is 15.3. The molecule has 2 heterocycles. The largest absolute Gasteiger partial charge is 0.309 e. The number of rotatable bonds is 1. The molecule has 0 saturated heterocycles. The zero-order valence-electron chi connectivity index (χ0n) is 24.2. The molecule has 1 aliphatic heterocycles. The van der Waals surface area contributed by atoms with Crippen molar-refractivity contribution in [2.75, 3.05) is 0 Å². The van der Waals surface area contributed by atoms with Crippen LogP contribution in [0.5, 0.6) is 0 Å². The van der Waals surface area contributed by atoms with E-state index in [2.05, 4.69) is 157 Å². The summed E-state index contributed by atoms with van der Waals surface area (Å²) in [4.78, 5) is 2.69. The molecule has 0 unspecified atom stereocenters. The molecule has 0 amide bonds. The highest BCUT2D eigenvalue weighted by molar-refractivity contribution is 7.99. The van der Waals surface area contributed by atoms with E-state index >= 15 is 0 Å². The van der Waals surface area contributed by atoms with Crippen molar-refractivity contribution >= 4 is 44.3 Å². The monoisotopic (exact) mass is 577 g/mol. The van der Waals surface area contributed by atoms with Crippen LogP contribution in [-0.4, -0.2) is 4.57 Å². The van der Waals surface area contributed by atoms with Gasteiger partial charge in [-0.2, -0.15) is 0 Å².